The summed E-state index contributed by atoms with van der Waals surface area (Å²) in [7, 11) is 1.88. The van der Waals surface area contributed by atoms with Crippen LogP contribution in [0.25, 0.3) is 0 Å². The molecular formula is C11H13FN2. The maximum absolute atomic E-state index is 13.0. The van der Waals surface area contributed by atoms with Crippen LogP contribution in [0, 0.1) is 18.2 Å². The Kier molecular flexibility index (Phi) is 3.49. The Bertz CT molecular complexity index is 355. The second-order valence-electron chi connectivity index (χ2n) is 3.23. The third-order valence-electron chi connectivity index (χ3n) is 1.88. The second-order valence-corrected chi connectivity index (χ2v) is 3.23. The number of halogens is 1. The van der Waals surface area contributed by atoms with E-state index >= 15 is 0 Å². The van der Waals surface area contributed by atoms with Crippen LogP contribution in [0.3, 0.4) is 0 Å². The molecule has 0 fully saturated rings. The van der Waals surface area contributed by atoms with E-state index in [9.17, 15) is 4.39 Å². The van der Waals surface area contributed by atoms with Crippen molar-refractivity contribution >= 4 is 5.69 Å². The lowest BCUT2D eigenvalue weighted by Crippen LogP contribution is -2.17. The number of terminal acetylenes is 1. The molecule has 0 atom stereocenters. The van der Waals surface area contributed by atoms with Crippen molar-refractivity contribution < 1.29 is 4.39 Å². The number of anilines is 1. The van der Waals surface area contributed by atoms with Gasteiger partial charge in [-0.3, -0.25) is 4.90 Å². The standard InChI is InChI=1S/C11H13FN2/c1-3-6-14(2)8-9-4-5-11(13)10(12)7-9/h1,4-5,7H,6,8,13H2,2H3. The average Bonchev–Trinajstić information content (AvgIpc) is 2.12. The minimum absolute atomic E-state index is 0.174. The van der Waals surface area contributed by atoms with Crippen molar-refractivity contribution in [3.05, 3.63) is 29.6 Å². The molecular weight excluding hydrogens is 179 g/mol. The summed E-state index contributed by atoms with van der Waals surface area (Å²) in [6.07, 6.45) is 5.15. The summed E-state index contributed by atoms with van der Waals surface area (Å²) in [5, 5.41) is 0. The van der Waals surface area contributed by atoms with Gasteiger partial charge in [0.2, 0.25) is 0 Å². The van der Waals surface area contributed by atoms with E-state index < -0.39 is 0 Å². The smallest absolute Gasteiger partial charge is 0.146 e. The quantitative estimate of drug-likeness (QED) is 0.580. The fraction of sp³-hybridized carbons (Fsp3) is 0.273. The van der Waals surface area contributed by atoms with Crippen LogP contribution in [0.4, 0.5) is 10.1 Å². The predicted molar refractivity (Wildman–Crippen MR) is 56.0 cm³/mol. The minimum Gasteiger partial charge on any atom is -0.396 e. The number of hydrogen-bond donors (Lipinski definition) is 1. The number of nitrogens with two attached hydrogens (primary N) is 1. The number of rotatable bonds is 3. The van der Waals surface area contributed by atoms with E-state index in [4.69, 9.17) is 12.2 Å². The van der Waals surface area contributed by atoms with Crippen LogP contribution in [0.15, 0.2) is 18.2 Å². The molecule has 0 aliphatic carbocycles. The Morgan fingerprint density at radius 1 is 1.57 bits per heavy atom. The largest absolute Gasteiger partial charge is 0.396 e. The molecule has 74 valence electrons. The first-order chi connectivity index (χ1) is 6.63. The fourth-order valence-corrected chi connectivity index (χ4v) is 1.19. The van der Waals surface area contributed by atoms with Gasteiger partial charge in [-0.25, -0.2) is 4.39 Å². The van der Waals surface area contributed by atoms with Gasteiger partial charge in [-0.05, 0) is 24.7 Å². The lowest BCUT2D eigenvalue weighted by molar-refractivity contribution is 0.368. The van der Waals surface area contributed by atoms with E-state index in [0.717, 1.165) is 5.56 Å². The molecule has 0 unspecified atom stereocenters. The normalized spacial score (nSPS) is 10.1. The van der Waals surface area contributed by atoms with Gasteiger partial charge in [0.15, 0.2) is 0 Å². The fourth-order valence-electron chi connectivity index (χ4n) is 1.19. The van der Waals surface area contributed by atoms with Gasteiger partial charge >= 0.3 is 0 Å². The highest BCUT2D eigenvalue weighted by molar-refractivity contribution is 5.41. The molecule has 2 N–H and O–H groups in total. The first kappa shape index (κ1) is 10.6. The molecule has 0 aliphatic heterocycles. The average molecular weight is 192 g/mol. The monoisotopic (exact) mass is 192 g/mol. The molecule has 1 aromatic carbocycles. The van der Waals surface area contributed by atoms with Crippen LogP contribution in [0.2, 0.25) is 0 Å². The zero-order valence-electron chi connectivity index (χ0n) is 8.13. The summed E-state index contributed by atoms with van der Waals surface area (Å²) in [4.78, 5) is 1.92. The lowest BCUT2D eigenvalue weighted by Gasteiger charge is -2.13. The van der Waals surface area contributed by atoms with E-state index in [1.165, 1.54) is 6.07 Å². The predicted octanol–water partition coefficient (Wildman–Crippen LogP) is 1.47. The molecule has 0 aromatic heterocycles. The molecule has 0 amide bonds. The maximum Gasteiger partial charge on any atom is 0.146 e. The molecule has 0 heterocycles. The van der Waals surface area contributed by atoms with Gasteiger partial charge in [-0.15, -0.1) is 6.42 Å². The molecule has 0 bridgehead atoms. The van der Waals surface area contributed by atoms with Crippen LogP contribution in [0.5, 0.6) is 0 Å². The van der Waals surface area contributed by atoms with Crippen molar-refractivity contribution in [3.63, 3.8) is 0 Å². The van der Waals surface area contributed by atoms with E-state index in [1.807, 2.05) is 11.9 Å². The molecule has 0 radical (unpaired) electrons. The Morgan fingerprint density at radius 2 is 2.29 bits per heavy atom. The van der Waals surface area contributed by atoms with Crippen LogP contribution in [0.1, 0.15) is 5.56 Å². The van der Waals surface area contributed by atoms with Gasteiger partial charge in [0.1, 0.15) is 5.82 Å². The number of benzene rings is 1. The van der Waals surface area contributed by atoms with Crippen LogP contribution in [-0.2, 0) is 6.54 Å². The zero-order valence-corrected chi connectivity index (χ0v) is 8.13. The molecule has 1 rings (SSSR count). The summed E-state index contributed by atoms with van der Waals surface area (Å²) in [6.45, 7) is 1.17. The van der Waals surface area contributed by atoms with Crippen molar-refractivity contribution in [2.24, 2.45) is 0 Å². The van der Waals surface area contributed by atoms with Crippen molar-refractivity contribution in [2.75, 3.05) is 19.3 Å². The van der Waals surface area contributed by atoms with E-state index in [0.29, 0.717) is 13.1 Å². The van der Waals surface area contributed by atoms with Crippen molar-refractivity contribution in [3.8, 4) is 12.3 Å². The second kappa shape index (κ2) is 4.64. The van der Waals surface area contributed by atoms with Crippen molar-refractivity contribution in [1.82, 2.24) is 4.90 Å². The van der Waals surface area contributed by atoms with Gasteiger partial charge in [0.25, 0.3) is 0 Å². The number of hydrogen-bond acceptors (Lipinski definition) is 2. The molecule has 0 saturated carbocycles. The van der Waals surface area contributed by atoms with Crippen LogP contribution >= 0.6 is 0 Å². The van der Waals surface area contributed by atoms with Gasteiger partial charge in [0, 0.05) is 6.54 Å². The molecule has 0 spiro atoms. The van der Waals surface area contributed by atoms with Gasteiger partial charge in [-0.2, -0.15) is 0 Å². The highest BCUT2D eigenvalue weighted by atomic mass is 19.1. The molecule has 14 heavy (non-hydrogen) atoms. The summed E-state index contributed by atoms with van der Waals surface area (Å²) in [5.41, 5.74) is 6.40. The Morgan fingerprint density at radius 3 is 2.86 bits per heavy atom. The van der Waals surface area contributed by atoms with Crippen LogP contribution in [-0.4, -0.2) is 18.5 Å². The zero-order chi connectivity index (χ0) is 10.6. The van der Waals surface area contributed by atoms with Gasteiger partial charge in [-0.1, -0.05) is 12.0 Å². The van der Waals surface area contributed by atoms with Crippen LogP contribution < -0.4 is 5.73 Å². The van der Waals surface area contributed by atoms with E-state index in [2.05, 4.69) is 5.92 Å². The Labute approximate surface area is 83.5 Å². The minimum atomic E-state index is -0.378. The highest BCUT2D eigenvalue weighted by Gasteiger charge is 2.02. The topological polar surface area (TPSA) is 29.3 Å². The third-order valence-corrected chi connectivity index (χ3v) is 1.88. The highest BCUT2D eigenvalue weighted by Crippen LogP contribution is 2.12. The SMILES string of the molecule is C#CCN(C)Cc1ccc(N)c(F)c1. The van der Waals surface area contributed by atoms with E-state index in [-0.39, 0.29) is 11.5 Å². The maximum atomic E-state index is 13.0. The Hall–Kier alpha value is -1.53. The Balaban J connectivity index is 2.69. The van der Waals surface area contributed by atoms with Gasteiger partial charge < -0.3 is 5.73 Å². The first-order valence-corrected chi connectivity index (χ1v) is 4.29. The summed E-state index contributed by atoms with van der Waals surface area (Å²) in [5.74, 6) is 2.14. The molecule has 1 aromatic rings. The summed E-state index contributed by atoms with van der Waals surface area (Å²) in [6, 6.07) is 4.79. The molecule has 3 heteroatoms. The lowest BCUT2D eigenvalue weighted by atomic mass is 10.2. The summed E-state index contributed by atoms with van der Waals surface area (Å²) < 4.78 is 13.0. The van der Waals surface area contributed by atoms with Crippen molar-refractivity contribution in [2.45, 2.75) is 6.54 Å². The molecule has 2 nitrogen and oxygen atoms in total. The first-order valence-electron chi connectivity index (χ1n) is 4.29. The third kappa shape index (κ3) is 2.75. The van der Waals surface area contributed by atoms with Gasteiger partial charge in [0.05, 0.1) is 12.2 Å². The van der Waals surface area contributed by atoms with Crippen molar-refractivity contribution in [1.29, 1.82) is 0 Å². The summed E-state index contributed by atoms with van der Waals surface area (Å²) >= 11 is 0. The van der Waals surface area contributed by atoms with E-state index in [1.54, 1.807) is 12.1 Å². The molecule has 0 aliphatic rings. The molecule has 0 saturated heterocycles. The number of nitrogen functional groups attached to an aromatic ring is 1. The number of nitrogens with zero attached hydrogens (tertiary/aromatic N) is 1.